The number of nitrogens with zero attached hydrogens (tertiary/aromatic N) is 1. The largest absolute Gasteiger partial charge is 0.364 e. The minimum atomic E-state index is -0.293. The van der Waals surface area contributed by atoms with Gasteiger partial charge in [-0.1, -0.05) is 36.4 Å². The third kappa shape index (κ3) is 3.16. The number of hydrogen-bond acceptors (Lipinski definition) is 3. The molecule has 0 saturated carbocycles. The summed E-state index contributed by atoms with van der Waals surface area (Å²) < 4.78 is 0. The zero-order valence-corrected chi connectivity index (χ0v) is 16.0. The van der Waals surface area contributed by atoms with Crippen LogP contribution >= 0.6 is 12.2 Å². The Hall–Kier alpha value is -3.45. The molecule has 0 unspecified atom stereocenters. The van der Waals surface area contributed by atoms with Crippen molar-refractivity contribution in [3.05, 3.63) is 77.4 Å². The molecule has 0 atom stereocenters. The third-order valence-electron chi connectivity index (χ3n) is 4.72. The van der Waals surface area contributed by atoms with Gasteiger partial charge in [-0.15, -0.1) is 0 Å². The molecule has 4 rings (SSSR count). The molecule has 0 aromatic heterocycles. The molecule has 7 heteroatoms. The topological polar surface area (TPSA) is 73.5 Å². The van der Waals surface area contributed by atoms with Crippen molar-refractivity contribution in [1.29, 1.82) is 0 Å². The number of hydrogen-bond donors (Lipinski definition) is 3. The summed E-state index contributed by atoms with van der Waals surface area (Å²) in [6.07, 6.45) is 0. The van der Waals surface area contributed by atoms with Gasteiger partial charge in [0.05, 0.1) is 12.2 Å². The van der Waals surface area contributed by atoms with Crippen molar-refractivity contribution in [2.24, 2.45) is 0 Å². The zero-order valence-electron chi connectivity index (χ0n) is 15.2. The molecule has 6 nitrogen and oxygen atoms in total. The van der Waals surface area contributed by atoms with Gasteiger partial charge >= 0.3 is 0 Å². The quantitative estimate of drug-likeness (QED) is 0.474. The van der Waals surface area contributed by atoms with Crippen LogP contribution in [0.4, 0.5) is 5.69 Å². The number of carbonyl (C=O) groups is 2. The van der Waals surface area contributed by atoms with E-state index in [0.29, 0.717) is 17.2 Å². The van der Waals surface area contributed by atoms with Crippen LogP contribution in [0.3, 0.4) is 0 Å². The fraction of sp³-hybridized carbons (Fsp3) is 0.0952. The minimum Gasteiger partial charge on any atom is -0.364 e. The summed E-state index contributed by atoms with van der Waals surface area (Å²) in [6.45, 7) is 0.441. The van der Waals surface area contributed by atoms with Crippen molar-refractivity contribution in [3.63, 3.8) is 0 Å². The molecule has 3 N–H and O–H groups in total. The molecule has 0 radical (unpaired) electrons. The highest BCUT2D eigenvalue weighted by atomic mass is 32.1. The molecule has 1 aliphatic heterocycles. The maximum atomic E-state index is 12.9. The van der Waals surface area contributed by atoms with Crippen LogP contribution in [0, 0.1) is 0 Å². The highest BCUT2D eigenvalue weighted by molar-refractivity contribution is 7.80. The highest BCUT2D eigenvalue weighted by Crippen LogP contribution is 2.37. The smallest absolute Gasteiger partial charge is 0.269 e. The first-order chi connectivity index (χ1) is 13.6. The summed E-state index contributed by atoms with van der Waals surface area (Å²) in [7, 11) is 1.66. The molecular formula is C21H18N4O2S. The molecular weight excluding hydrogens is 372 g/mol. The number of amides is 2. The normalized spacial score (nSPS) is 12.2. The van der Waals surface area contributed by atoms with Crippen molar-refractivity contribution in [2.45, 2.75) is 6.54 Å². The van der Waals surface area contributed by atoms with E-state index in [9.17, 15) is 9.59 Å². The molecule has 3 aromatic rings. The summed E-state index contributed by atoms with van der Waals surface area (Å²) >= 11 is 4.92. The summed E-state index contributed by atoms with van der Waals surface area (Å²) in [5.74, 6) is -0.294. The van der Waals surface area contributed by atoms with Crippen molar-refractivity contribution >= 4 is 45.6 Å². The summed E-state index contributed by atoms with van der Waals surface area (Å²) in [5, 5.41) is 5.09. The van der Waals surface area contributed by atoms with Crippen LogP contribution in [-0.2, 0) is 6.54 Å². The first kappa shape index (κ1) is 17.9. The van der Waals surface area contributed by atoms with Crippen molar-refractivity contribution in [3.8, 4) is 0 Å². The van der Waals surface area contributed by atoms with E-state index in [-0.39, 0.29) is 11.8 Å². The van der Waals surface area contributed by atoms with Gasteiger partial charge in [-0.25, -0.2) is 0 Å². The van der Waals surface area contributed by atoms with Gasteiger partial charge in [-0.05, 0) is 47.4 Å². The Morgan fingerprint density at radius 3 is 2.43 bits per heavy atom. The minimum absolute atomic E-state index is 0.00148. The molecule has 0 fully saturated rings. The molecule has 0 saturated heterocycles. The lowest BCUT2D eigenvalue weighted by Gasteiger charge is -2.18. The van der Waals surface area contributed by atoms with Gasteiger partial charge < -0.3 is 10.2 Å². The predicted octanol–water partition coefficient (Wildman–Crippen LogP) is 2.74. The average molecular weight is 390 g/mol. The maximum Gasteiger partial charge on any atom is 0.269 e. The van der Waals surface area contributed by atoms with Crippen molar-refractivity contribution in [2.75, 3.05) is 11.9 Å². The molecule has 0 bridgehead atoms. The molecule has 1 aliphatic rings. The Morgan fingerprint density at radius 2 is 1.71 bits per heavy atom. The van der Waals surface area contributed by atoms with Crippen LogP contribution in [-0.4, -0.2) is 24.0 Å². The van der Waals surface area contributed by atoms with E-state index in [2.05, 4.69) is 16.2 Å². The molecule has 140 valence electrons. The first-order valence-corrected chi connectivity index (χ1v) is 9.20. The average Bonchev–Trinajstić information content (AvgIpc) is 3.00. The molecule has 1 heterocycles. The molecule has 2 amide bonds. The fourth-order valence-corrected chi connectivity index (χ4v) is 3.38. The Labute approximate surface area is 167 Å². The lowest BCUT2D eigenvalue weighted by molar-refractivity contribution is 0.0942. The van der Waals surface area contributed by atoms with E-state index in [1.54, 1.807) is 24.1 Å². The summed E-state index contributed by atoms with van der Waals surface area (Å²) in [5.41, 5.74) is 8.20. The van der Waals surface area contributed by atoms with Crippen LogP contribution in [0.2, 0.25) is 0 Å². The number of benzene rings is 3. The number of anilines is 1. The fourth-order valence-electron chi connectivity index (χ4n) is 3.33. The third-order valence-corrected chi connectivity index (χ3v) is 5.03. The van der Waals surface area contributed by atoms with Gasteiger partial charge in [0.1, 0.15) is 0 Å². The van der Waals surface area contributed by atoms with Gasteiger partial charge in [0.25, 0.3) is 11.8 Å². The van der Waals surface area contributed by atoms with Gasteiger partial charge in [-0.2, -0.15) is 0 Å². The zero-order chi connectivity index (χ0) is 19.7. The Kier molecular flexibility index (Phi) is 4.67. The van der Waals surface area contributed by atoms with Gasteiger partial charge in [0, 0.05) is 23.6 Å². The predicted molar refractivity (Wildman–Crippen MR) is 113 cm³/mol. The SMILES string of the molecule is CNC(=S)NNC(=O)c1ccc(CN2C(=O)c3cccc4cccc2c34)cc1. The lowest BCUT2D eigenvalue weighted by atomic mass is 10.1. The standard InChI is InChI=1S/C21H18N4O2S/c1-22-21(28)24-23-19(26)15-10-8-13(9-11-15)12-25-17-7-3-5-14-4-2-6-16(18(14)17)20(25)27/h2-11H,12H2,1H3,(H,23,26)(H2,22,24,28). The second kappa shape index (κ2) is 7.28. The van der Waals surface area contributed by atoms with E-state index in [0.717, 1.165) is 27.6 Å². The lowest BCUT2D eigenvalue weighted by Crippen LogP contribution is -2.45. The highest BCUT2D eigenvalue weighted by Gasteiger charge is 2.29. The summed E-state index contributed by atoms with van der Waals surface area (Å²) in [6, 6.07) is 18.9. The van der Waals surface area contributed by atoms with Gasteiger partial charge in [0.2, 0.25) is 0 Å². The van der Waals surface area contributed by atoms with Crippen LogP contribution in [0.25, 0.3) is 10.8 Å². The van der Waals surface area contributed by atoms with Crippen LogP contribution in [0.5, 0.6) is 0 Å². The van der Waals surface area contributed by atoms with Crippen molar-refractivity contribution < 1.29 is 9.59 Å². The van der Waals surface area contributed by atoms with Crippen LogP contribution in [0.15, 0.2) is 60.7 Å². The number of nitrogens with one attached hydrogen (secondary N) is 3. The number of hydrazine groups is 1. The van der Waals surface area contributed by atoms with Crippen LogP contribution in [0.1, 0.15) is 26.3 Å². The van der Waals surface area contributed by atoms with Gasteiger partial charge in [0.15, 0.2) is 5.11 Å². The number of rotatable bonds is 3. The molecule has 3 aromatic carbocycles. The Bertz CT molecular complexity index is 1090. The van der Waals surface area contributed by atoms with E-state index in [4.69, 9.17) is 12.2 Å². The monoisotopic (exact) mass is 390 g/mol. The first-order valence-electron chi connectivity index (χ1n) is 8.79. The summed E-state index contributed by atoms with van der Waals surface area (Å²) in [4.78, 5) is 26.8. The van der Waals surface area contributed by atoms with E-state index in [1.807, 2.05) is 48.5 Å². The Morgan fingerprint density at radius 1 is 1.00 bits per heavy atom. The molecule has 0 spiro atoms. The van der Waals surface area contributed by atoms with Crippen LogP contribution < -0.4 is 21.1 Å². The van der Waals surface area contributed by atoms with E-state index in [1.165, 1.54) is 0 Å². The second-order valence-corrected chi connectivity index (χ2v) is 6.84. The maximum absolute atomic E-state index is 12.9. The number of carbonyl (C=O) groups excluding carboxylic acids is 2. The molecule has 28 heavy (non-hydrogen) atoms. The van der Waals surface area contributed by atoms with E-state index >= 15 is 0 Å². The van der Waals surface area contributed by atoms with E-state index < -0.39 is 0 Å². The second-order valence-electron chi connectivity index (χ2n) is 6.43. The Balaban J connectivity index is 1.51. The van der Waals surface area contributed by atoms with Gasteiger partial charge in [-0.3, -0.25) is 20.4 Å². The van der Waals surface area contributed by atoms with Crippen molar-refractivity contribution in [1.82, 2.24) is 16.2 Å². The number of thiocarbonyl (C=S) groups is 1. The molecule has 0 aliphatic carbocycles.